The van der Waals surface area contributed by atoms with Crippen LogP contribution in [0, 0.1) is 0 Å². The lowest BCUT2D eigenvalue weighted by atomic mass is 9.84. The number of aliphatic hydroxyl groups excluding tert-OH is 1. The Balaban J connectivity index is 4.03. The highest BCUT2D eigenvalue weighted by molar-refractivity contribution is 6.11. The average molecular weight is 636 g/mol. The fourth-order valence-corrected chi connectivity index (χ4v) is 6.72. The molecule has 0 aromatic carbocycles. The molecule has 4 nitrogen and oxygen atoms in total. The molecule has 0 aliphatic heterocycles. The zero-order valence-corrected chi connectivity index (χ0v) is 31.4. The lowest BCUT2D eigenvalue weighted by Gasteiger charge is -2.38. The summed E-state index contributed by atoms with van der Waals surface area (Å²) in [6.45, 7) is 7.96. The van der Waals surface area contributed by atoms with Crippen molar-refractivity contribution >= 4 is 11.6 Å². The summed E-state index contributed by atoms with van der Waals surface area (Å²) in [6, 6.07) is 0. The van der Waals surface area contributed by atoms with Crippen LogP contribution in [0.15, 0.2) is 0 Å². The van der Waals surface area contributed by atoms with E-state index in [2.05, 4.69) is 13.8 Å². The number of carbonyl (C=O) groups excluding carboxylic acids is 2. The normalized spacial score (nSPS) is 12.7. The van der Waals surface area contributed by atoms with Gasteiger partial charge in [-0.1, -0.05) is 194 Å². The maximum atomic E-state index is 13.4. The molecule has 0 aromatic rings. The SMILES string of the molecule is CCCCCCCCCCCCCCCCCC(=O)C(C)(C(=O)CCCCCCCCCCCCCCCCC)N(C)C(C)O. The molecule has 1 atom stereocenters. The van der Waals surface area contributed by atoms with Gasteiger partial charge < -0.3 is 5.11 Å². The molecule has 0 aromatic heterocycles. The van der Waals surface area contributed by atoms with E-state index in [-0.39, 0.29) is 11.6 Å². The third-order valence-corrected chi connectivity index (χ3v) is 10.4. The Bertz CT molecular complexity index is 615. The molecule has 0 spiro atoms. The van der Waals surface area contributed by atoms with E-state index in [1.54, 1.807) is 25.8 Å². The molecule has 45 heavy (non-hydrogen) atoms. The molecule has 0 bridgehead atoms. The highest BCUT2D eigenvalue weighted by Gasteiger charge is 2.44. The van der Waals surface area contributed by atoms with E-state index in [9.17, 15) is 14.7 Å². The van der Waals surface area contributed by atoms with Gasteiger partial charge in [0.05, 0.1) is 0 Å². The number of hydrogen-bond acceptors (Lipinski definition) is 4. The Morgan fingerprint density at radius 1 is 0.467 bits per heavy atom. The lowest BCUT2D eigenvalue weighted by molar-refractivity contribution is -0.149. The van der Waals surface area contributed by atoms with Gasteiger partial charge in [-0.05, 0) is 33.7 Å². The van der Waals surface area contributed by atoms with Crippen LogP contribution in [0.4, 0.5) is 0 Å². The monoisotopic (exact) mass is 636 g/mol. The number of rotatable bonds is 36. The van der Waals surface area contributed by atoms with Crippen molar-refractivity contribution < 1.29 is 14.7 Å². The zero-order valence-electron chi connectivity index (χ0n) is 31.4. The Morgan fingerprint density at radius 3 is 0.867 bits per heavy atom. The fourth-order valence-electron chi connectivity index (χ4n) is 6.72. The van der Waals surface area contributed by atoms with E-state index in [4.69, 9.17) is 0 Å². The van der Waals surface area contributed by atoms with Crippen molar-refractivity contribution in [2.24, 2.45) is 0 Å². The van der Waals surface area contributed by atoms with Crippen molar-refractivity contribution in [1.29, 1.82) is 0 Å². The van der Waals surface area contributed by atoms with E-state index in [0.717, 1.165) is 25.7 Å². The Hall–Kier alpha value is -0.740. The summed E-state index contributed by atoms with van der Waals surface area (Å²) in [5, 5.41) is 10.3. The van der Waals surface area contributed by atoms with Crippen LogP contribution < -0.4 is 0 Å². The second kappa shape index (κ2) is 31.8. The van der Waals surface area contributed by atoms with Gasteiger partial charge in [0.2, 0.25) is 0 Å². The highest BCUT2D eigenvalue weighted by Crippen LogP contribution is 2.25. The van der Waals surface area contributed by atoms with Crippen LogP contribution in [0.2, 0.25) is 0 Å². The van der Waals surface area contributed by atoms with Gasteiger partial charge in [0.25, 0.3) is 0 Å². The third-order valence-electron chi connectivity index (χ3n) is 10.4. The largest absolute Gasteiger partial charge is 0.379 e. The topological polar surface area (TPSA) is 57.6 Å². The maximum Gasteiger partial charge on any atom is 0.160 e. The molecular weight excluding hydrogens is 554 g/mol. The summed E-state index contributed by atoms with van der Waals surface area (Å²) < 4.78 is 0. The number of Topliss-reactive ketones (excluding diaryl/α,β-unsaturated/α-hetero) is 2. The van der Waals surface area contributed by atoms with E-state index < -0.39 is 11.8 Å². The number of carbonyl (C=O) groups is 2. The van der Waals surface area contributed by atoms with Crippen LogP contribution in [0.5, 0.6) is 0 Å². The van der Waals surface area contributed by atoms with E-state index >= 15 is 0 Å². The summed E-state index contributed by atoms with van der Waals surface area (Å²) in [5.74, 6) is -0.0434. The predicted octanol–water partition coefficient (Wildman–Crippen LogP) is 12.7. The Morgan fingerprint density at radius 2 is 0.667 bits per heavy atom. The maximum absolute atomic E-state index is 13.4. The van der Waals surface area contributed by atoms with Crippen LogP contribution in [0.1, 0.15) is 233 Å². The van der Waals surface area contributed by atoms with Gasteiger partial charge in [0.1, 0.15) is 11.8 Å². The molecular formula is C41H81NO3. The van der Waals surface area contributed by atoms with Gasteiger partial charge in [0, 0.05) is 12.8 Å². The van der Waals surface area contributed by atoms with Gasteiger partial charge in [-0.2, -0.15) is 0 Å². The minimum Gasteiger partial charge on any atom is -0.379 e. The standard InChI is InChI=1S/C41H81NO3/c1-6-8-10-12-14-16-18-20-22-24-26-28-30-32-34-36-39(44)41(4,42(5)38(3)43)40(45)37-35-33-31-29-27-25-23-21-19-17-15-13-11-9-7-2/h38,43H,6-37H2,1-5H3. The Kier molecular flexibility index (Phi) is 31.3. The smallest absolute Gasteiger partial charge is 0.160 e. The molecule has 0 aliphatic carbocycles. The van der Waals surface area contributed by atoms with E-state index in [1.165, 1.54) is 167 Å². The predicted molar refractivity (Wildman–Crippen MR) is 197 cm³/mol. The number of likely N-dealkylation sites (N-methyl/N-ethyl adjacent to an activating group) is 1. The van der Waals surface area contributed by atoms with Crippen LogP contribution in [0.25, 0.3) is 0 Å². The van der Waals surface area contributed by atoms with Crippen LogP contribution in [0.3, 0.4) is 0 Å². The van der Waals surface area contributed by atoms with Crippen molar-refractivity contribution in [3.63, 3.8) is 0 Å². The van der Waals surface area contributed by atoms with Crippen molar-refractivity contribution in [1.82, 2.24) is 4.90 Å². The Labute approximate surface area is 282 Å². The molecule has 4 heteroatoms. The molecule has 0 aliphatic rings. The number of nitrogens with zero attached hydrogens (tertiary/aromatic N) is 1. The number of ketones is 2. The second-order valence-corrected chi connectivity index (χ2v) is 14.6. The molecule has 1 N–H and O–H groups in total. The van der Waals surface area contributed by atoms with Crippen molar-refractivity contribution in [2.75, 3.05) is 7.05 Å². The molecule has 0 amide bonds. The summed E-state index contributed by atoms with van der Waals surface area (Å²) in [7, 11) is 1.72. The van der Waals surface area contributed by atoms with Gasteiger partial charge in [-0.15, -0.1) is 0 Å². The molecule has 0 saturated heterocycles. The molecule has 0 heterocycles. The van der Waals surface area contributed by atoms with E-state index in [1.807, 2.05) is 0 Å². The molecule has 268 valence electrons. The third kappa shape index (κ3) is 24.1. The number of unbranched alkanes of at least 4 members (excludes halogenated alkanes) is 28. The van der Waals surface area contributed by atoms with Gasteiger partial charge in [0.15, 0.2) is 11.6 Å². The van der Waals surface area contributed by atoms with Crippen LogP contribution >= 0.6 is 0 Å². The first kappa shape index (κ1) is 44.3. The first-order chi connectivity index (χ1) is 21.8. The summed E-state index contributed by atoms with van der Waals surface area (Å²) in [6.07, 6.45) is 38.9. The van der Waals surface area contributed by atoms with E-state index in [0.29, 0.717) is 12.8 Å². The second-order valence-electron chi connectivity index (χ2n) is 14.6. The van der Waals surface area contributed by atoms with Crippen LogP contribution in [-0.2, 0) is 9.59 Å². The first-order valence-electron chi connectivity index (χ1n) is 20.3. The van der Waals surface area contributed by atoms with Gasteiger partial charge in [-0.3, -0.25) is 14.5 Å². The molecule has 0 saturated carbocycles. The van der Waals surface area contributed by atoms with Crippen molar-refractivity contribution in [3.05, 3.63) is 0 Å². The van der Waals surface area contributed by atoms with Gasteiger partial charge in [-0.25, -0.2) is 0 Å². The minimum absolute atomic E-state index is 0.0217. The molecule has 0 radical (unpaired) electrons. The van der Waals surface area contributed by atoms with Gasteiger partial charge >= 0.3 is 0 Å². The summed E-state index contributed by atoms with van der Waals surface area (Å²) in [5.41, 5.74) is -1.22. The number of hydrogen-bond donors (Lipinski definition) is 1. The minimum atomic E-state index is -1.22. The summed E-state index contributed by atoms with van der Waals surface area (Å²) >= 11 is 0. The fraction of sp³-hybridized carbons (Fsp3) is 0.951. The highest BCUT2D eigenvalue weighted by atomic mass is 16.3. The van der Waals surface area contributed by atoms with Crippen molar-refractivity contribution in [3.8, 4) is 0 Å². The number of aliphatic hydroxyl groups is 1. The quantitative estimate of drug-likeness (QED) is 0.0423. The molecule has 0 fully saturated rings. The first-order valence-corrected chi connectivity index (χ1v) is 20.3. The summed E-state index contributed by atoms with van der Waals surface area (Å²) in [4.78, 5) is 28.3. The van der Waals surface area contributed by atoms with Crippen LogP contribution in [-0.4, -0.2) is 40.4 Å². The lowest BCUT2D eigenvalue weighted by Crippen LogP contribution is -2.59. The van der Waals surface area contributed by atoms with Crippen molar-refractivity contribution in [2.45, 2.75) is 245 Å². The zero-order chi connectivity index (χ0) is 33.4. The molecule has 0 rings (SSSR count). The molecule has 1 unspecified atom stereocenters. The average Bonchev–Trinajstić information content (AvgIpc) is 3.03.